The minimum Gasteiger partial charge on any atom is -0.394 e. The number of hydrogen-bond donors (Lipinski definition) is 12. The molecule has 12 N–H and O–H groups in total. The summed E-state index contributed by atoms with van der Waals surface area (Å²) in [5, 5.41) is 121. The third-order valence-corrected chi connectivity index (χ3v) is 20.7. The van der Waals surface area contributed by atoms with E-state index in [1.165, 1.54) is 231 Å². The molecule has 0 spiro atoms. The molecule has 19 heteroatoms. The highest BCUT2D eigenvalue weighted by molar-refractivity contribution is 5.76. The fourth-order valence-electron chi connectivity index (χ4n) is 14.0. The molecule has 0 aromatic carbocycles. The fraction of sp³-hybridized carbons (Fsp3) is 0.847. The number of hydrogen-bond acceptors (Lipinski definition) is 18. The third-order valence-electron chi connectivity index (χ3n) is 20.7. The summed E-state index contributed by atoms with van der Waals surface area (Å²) in [6.45, 7) is 1.64. The Balaban J connectivity index is 1.31. The zero-order valence-electron chi connectivity index (χ0n) is 65.0. The number of allylic oxidation sites excluding steroid dienone is 11. The van der Waals surface area contributed by atoms with Crippen LogP contribution in [0.15, 0.2) is 72.9 Å². The van der Waals surface area contributed by atoms with Crippen molar-refractivity contribution in [1.29, 1.82) is 0 Å². The van der Waals surface area contributed by atoms with E-state index < -0.39 is 124 Å². The Morgan fingerprint density at radius 2 is 0.673 bits per heavy atom. The first-order chi connectivity index (χ1) is 50.8. The molecule has 19 nitrogen and oxygen atoms in total. The normalized spacial score (nSPS) is 26.3. The molecule has 0 radical (unpaired) electrons. The van der Waals surface area contributed by atoms with Gasteiger partial charge in [0.15, 0.2) is 18.9 Å². The van der Waals surface area contributed by atoms with Gasteiger partial charge in [0.2, 0.25) is 5.91 Å². The summed E-state index contributed by atoms with van der Waals surface area (Å²) in [5.41, 5.74) is 0. The van der Waals surface area contributed by atoms with E-state index in [-0.39, 0.29) is 18.9 Å². The van der Waals surface area contributed by atoms with Crippen LogP contribution >= 0.6 is 0 Å². The topological polar surface area (TPSA) is 307 Å². The highest BCUT2D eigenvalue weighted by Crippen LogP contribution is 2.33. The molecule has 3 fully saturated rings. The SMILES string of the molecule is CC/C=C\C/C=C\C/C=C\C/C=C\CCCCCCCCCCCCCCCCCCCCCCCCCCCCC(=O)NC(COC1OC(CO)C(OC2OC(CO)C(OC3OC(CO)C(O)C(O)C3O)C(O)C2O)C(O)C1O)C(O)/C=C/CC/C=C/CCCCCCCCCCCCCCCC. The van der Waals surface area contributed by atoms with Gasteiger partial charge in [0.05, 0.1) is 38.6 Å². The molecular formula is C85H153NO18. The Bertz CT molecular complexity index is 2160. The van der Waals surface area contributed by atoms with Gasteiger partial charge in [0.1, 0.15) is 73.2 Å². The van der Waals surface area contributed by atoms with Crippen molar-refractivity contribution in [2.24, 2.45) is 0 Å². The summed E-state index contributed by atoms with van der Waals surface area (Å²) in [6.07, 6.45) is 59.1. The number of aliphatic hydroxyl groups excluding tert-OH is 11. The van der Waals surface area contributed by atoms with Gasteiger partial charge in [-0.25, -0.2) is 0 Å². The molecule has 3 rings (SSSR count). The summed E-state index contributed by atoms with van der Waals surface area (Å²) in [6, 6.07) is -0.991. The zero-order chi connectivity index (χ0) is 75.3. The number of carbonyl (C=O) groups is 1. The lowest BCUT2D eigenvalue weighted by Gasteiger charge is -2.48. The molecule has 17 atom stereocenters. The third kappa shape index (κ3) is 44.2. The Kier molecular flexibility index (Phi) is 59.6. The van der Waals surface area contributed by atoms with Crippen LogP contribution in [0.3, 0.4) is 0 Å². The number of aliphatic hydroxyl groups is 11. The molecule has 0 aromatic rings. The molecule has 3 heterocycles. The first kappa shape index (κ1) is 95.4. The van der Waals surface area contributed by atoms with Gasteiger partial charge in [-0.1, -0.05) is 324 Å². The number of ether oxygens (including phenoxy) is 6. The van der Waals surface area contributed by atoms with Crippen molar-refractivity contribution < 1.29 is 89.4 Å². The maximum atomic E-state index is 13.5. The van der Waals surface area contributed by atoms with E-state index in [4.69, 9.17) is 28.4 Å². The summed E-state index contributed by atoms with van der Waals surface area (Å²) in [7, 11) is 0. The van der Waals surface area contributed by atoms with Crippen molar-refractivity contribution in [2.45, 2.75) is 433 Å². The Morgan fingerprint density at radius 1 is 0.356 bits per heavy atom. The highest BCUT2D eigenvalue weighted by atomic mass is 16.8. The summed E-state index contributed by atoms with van der Waals surface area (Å²) in [5.74, 6) is -0.280. The van der Waals surface area contributed by atoms with Crippen LogP contribution in [0.1, 0.15) is 328 Å². The van der Waals surface area contributed by atoms with E-state index in [0.29, 0.717) is 12.8 Å². The van der Waals surface area contributed by atoms with Gasteiger partial charge in [0.25, 0.3) is 0 Å². The molecule has 104 heavy (non-hydrogen) atoms. The summed E-state index contributed by atoms with van der Waals surface area (Å²) < 4.78 is 34.4. The molecule has 3 saturated heterocycles. The molecule has 1 amide bonds. The average molecular weight is 1480 g/mol. The highest BCUT2D eigenvalue weighted by Gasteiger charge is 2.54. The Labute approximate surface area is 629 Å². The largest absolute Gasteiger partial charge is 0.394 e. The minimum atomic E-state index is -1.98. The Hall–Kier alpha value is -2.77. The predicted octanol–water partition coefficient (Wildman–Crippen LogP) is 14.8. The van der Waals surface area contributed by atoms with Crippen LogP contribution in [-0.4, -0.2) is 193 Å². The van der Waals surface area contributed by atoms with Crippen molar-refractivity contribution in [1.82, 2.24) is 5.32 Å². The van der Waals surface area contributed by atoms with E-state index in [9.17, 15) is 61.0 Å². The van der Waals surface area contributed by atoms with Crippen molar-refractivity contribution in [3.05, 3.63) is 72.9 Å². The molecule has 0 aliphatic carbocycles. The van der Waals surface area contributed by atoms with Crippen LogP contribution in [-0.2, 0) is 33.2 Å². The smallest absolute Gasteiger partial charge is 0.220 e. The maximum absolute atomic E-state index is 13.5. The number of nitrogens with one attached hydrogen (secondary N) is 1. The van der Waals surface area contributed by atoms with E-state index in [0.717, 1.165) is 64.2 Å². The molecule has 3 aliphatic heterocycles. The zero-order valence-corrected chi connectivity index (χ0v) is 65.0. The summed E-state index contributed by atoms with van der Waals surface area (Å²) >= 11 is 0. The van der Waals surface area contributed by atoms with Crippen molar-refractivity contribution >= 4 is 5.91 Å². The van der Waals surface area contributed by atoms with Crippen molar-refractivity contribution in [2.75, 3.05) is 26.4 Å². The van der Waals surface area contributed by atoms with Gasteiger partial charge in [-0.05, 0) is 70.6 Å². The van der Waals surface area contributed by atoms with E-state index in [1.807, 2.05) is 6.08 Å². The fourth-order valence-corrected chi connectivity index (χ4v) is 14.0. The van der Waals surface area contributed by atoms with Crippen molar-refractivity contribution in [3.8, 4) is 0 Å². The lowest BCUT2D eigenvalue weighted by atomic mass is 9.96. The molecular weight excluding hydrogens is 1320 g/mol. The van der Waals surface area contributed by atoms with Crippen LogP contribution < -0.4 is 5.32 Å². The van der Waals surface area contributed by atoms with Gasteiger partial charge in [-0.3, -0.25) is 4.79 Å². The van der Waals surface area contributed by atoms with Gasteiger partial charge < -0.3 is 89.9 Å². The number of carbonyl (C=O) groups excluding carboxylic acids is 1. The predicted molar refractivity (Wildman–Crippen MR) is 415 cm³/mol. The first-order valence-electron chi connectivity index (χ1n) is 42.2. The number of amides is 1. The summed E-state index contributed by atoms with van der Waals surface area (Å²) in [4.78, 5) is 13.5. The lowest BCUT2D eigenvalue weighted by molar-refractivity contribution is -0.379. The van der Waals surface area contributed by atoms with Gasteiger partial charge >= 0.3 is 0 Å². The standard InChI is InChI=1S/C85H153NO18/c1-3-5-7-9-11-13-15-17-19-21-23-25-26-27-28-29-30-31-32-33-34-35-36-37-38-39-40-41-42-43-45-47-49-51-53-55-57-59-61-63-73(91)86-68(69(90)62-60-58-56-54-52-50-48-46-44-24-22-20-18-16-14-12-10-8-6-4-2)67-99-83-79(97)76(94)81(71(65-88)101-83)104-85-80(98)77(95)82(72(66-89)102-85)103-84-78(96)75(93)74(92)70(64-87)100-84/h5,7,11,13,17,19,23,25,52,54,60,62,68-72,74-85,87-90,92-98H,3-4,6,8-10,12,14-16,18,20-22,24,26-51,53,55-59,61,63-67H2,1-2H3,(H,86,91)/b7-5-,13-11-,19-17-,25-23-,54-52+,62-60+. The van der Waals surface area contributed by atoms with Crippen LogP contribution in [0.4, 0.5) is 0 Å². The monoisotopic (exact) mass is 1480 g/mol. The number of unbranched alkanes of at least 4 members (excludes halogenated alkanes) is 41. The first-order valence-corrected chi connectivity index (χ1v) is 42.2. The van der Waals surface area contributed by atoms with Crippen LogP contribution in [0.5, 0.6) is 0 Å². The molecule has 606 valence electrons. The van der Waals surface area contributed by atoms with Gasteiger partial charge in [-0.15, -0.1) is 0 Å². The van der Waals surface area contributed by atoms with E-state index >= 15 is 0 Å². The molecule has 17 unspecified atom stereocenters. The molecule has 3 aliphatic rings. The molecule has 0 aromatic heterocycles. The molecule has 0 bridgehead atoms. The van der Waals surface area contributed by atoms with E-state index in [1.54, 1.807) is 6.08 Å². The van der Waals surface area contributed by atoms with Crippen LogP contribution in [0.2, 0.25) is 0 Å². The van der Waals surface area contributed by atoms with Crippen molar-refractivity contribution in [3.63, 3.8) is 0 Å². The maximum Gasteiger partial charge on any atom is 0.220 e. The lowest BCUT2D eigenvalue weighted by Crippen LogP contribution is -2.66. The second-order valence-electron chi connectivity index (χ2n) is 29.9. The second kappa shape index (κ2) is 65.0. The minimum absolute atomic E-state index is 0.238. The Morgan fingerprint density at radius 3 is 1.08 bits per heavy atom. The number of rotatable bonds is 67. The van der Waals surface area contributed by atoms with E-state index in [2.05, 4.69) is 79.9 Å². The van der Waals surface area contributed by atoms with Crippen LogP contribution in [0, 0.1) is 0 Å². The van der Waals surface area contributed by atoms with Crippen LogP contribution in [0.25, 0.3) is 0 Å². The molecule has 0 saturated carbocycles. The van der Waals surface area contributed by atoms with Gasteiger partial charge in [-0.2, -0.15) is 0 Å². The quantitative estimate of drug-likeness (QED) is 0.0199. The second-order valence-corrected chi connectivity index (χ2v) is 29.9. The van der Waals surface area contributed by atoms with Gasteiger partial charge in [0, 0.05) is 6.42 Å². The average Bonchev–Trinajstić information content (AvgIpc) is 0.783.